The van der Waals surface area contributed by atoms with Crippen molar-refractivity contribution in [1.82, 2.24) is 0 Å². The number of ketones is 1. The average molecular weight is 260 g/mol. The second kappa shape index (κ2) is 4.65. The van der Waals surface area contributed by atoms with E-state index in [1.54, 1.807) is 18.2 Å². The summed E-state index contributed by atoms with van der Waals surface area (Å²) < 4.78 is 13.6. The lowest BCUT2D eigenvalue weighted by atomic mass is 9.98. The highest BCUT2D eigenvalue weighted by atomic mass is 32.1. The van der Waals surface area contributed by atoms with Crippen molar-refractivity contribution in [1.29, 1.82) is 0 Å². The fraction of sp³-hybridized carbons (Fsp3) is 0.267. The summed E-state index contributed by atoms with van der Waals surface area (Å²) in [6, 6.07) is 8.14. The third kappa shape index (κ3) is 1.99. The van der Waals surface area contributed by atoms with Crippen LogP contribution in [0.15, 0.2) is 30.3 Å². The van der Waals surface area contributed by atoms with Gasteiger partial charge in [0.1, 0.15) is 5.82 Å². The molecule has 92 valence electrons. The van der Waals surface area contributed by atoms with Crippen LogP contribution in [0, 0.1) is 5.82 Å². The number of carbonyl (C=O) groups is 1. The molecule has 3 heteroatoms. The molecule has 0 N–H and O–H groups in total. The summed E-state index contributed by atoms with van der Waals surface area (Å²) >= 11 is 1.53. The number of hydrogen-bond donors (Lipinski definition) is 0. The molecule has 0 radical (unpaired) electrons. The first-order chi connectivity index (χ1) is 8.75. The quantitative estimate of drug-likeness (QED) is 0.746. The minimum absolute atomic E-state index is 0.177. The molecule has 1 aliphatic rings. The second-order valence-corrected chi connectivity index (χ2v) is 5.71. The van der Waals surface area contributed by atoms with Gasteiger partial charge in [0, 0.05) is 4.88 Å². The number of rotatable bonds is 2. The van der Waals surface area contributed by atoms with Gasteiger partial charge in [0.2, 0.25) is 5.78 Å². The monoisotopic (exact) mass is 260 g/mol. The van der Waals surface area contributed by atoms with E-state index < -0.39 is 5.82 Å². The van der Waals surface area contributed by atoms with E-state index in [-0.39, 0.29) is 11.3 Å². The maximum Gasteiger partial charge on any atom is 0.205 e. The summed E-state index contributed by atoms with van der Waals surface area (Å²) in [5, 5.41) is 0. The van der Waals surface area contributed by atoms with E-state index in [2.05, 4.69) is 0 Å². The molecule has 0 fully saturated rings. The molecule has 1 aromatic carbocycles. The van der Waals surface area contributed by atoms with Crippen molar-refractivity contribution in [3.63, 3.8) is 0 Å². The molecule has 18 heavy (non-hydrogen) atoms. The van der Waals surface area contributed by atoms with Crippen LogP contribution >= 0.6 is 11.3 Å². The van der Waals surface area contributed by atoms with Crippen molar-refractivity contribution in [2.45, 2.75) is 25.7 Å². The summed E-state index contributed by atoms with van der Waals surface area (Å²) in [5.74, 6) is -0.624. The highest BCUT2D eigenvalue weighted by Gasteiger charge is 2.19. The first-order valence-corrected chi connectivity index (χ1v) is 6.98. The number of carbonyl (C=O) groups excluding carboxylic acids is 1. The zero-order valence-corrected chi connectivity index (χ0v) is 10.7. The van der Waals surface area contributed by atoms with Crippen LogP contribution in [0.4, 0.5) is 4.39 Å². The van der Waals surface area contributed by atoms with Gasteiger partial charge < -0.3 is 0 Å². The Morgan fingerprint density at radius 3 is 2.72 bits per heavy atom. The Balaban J connectivity index is 1.98. The van der Waals surface area contributed by atoms with E-state index >= 15 is 0 Å². The van der Waals surface area contributed by atoms with Gasteiger partial charge in [-0.15, -0.1) is 11.3 Å². The molecule has 0 bridgehead atoms. The van der Waals surface area contributed by atoms with Crippen LogP contribution in [0.25, 0.3) is 0 Å². The third-order valence-electron chi connectivity index (χ3n) is 3.34. The number of thiophene rings is 1. The first-order valence-electron chi connectivity index (χ1n) is 6.16. The Hall–Kier alpha value is -1.48. The lowest BCUT2D eigenvalue weighted by molar-refractivity contribution is 0.103. The van der Waals surface area contributed by atoms with Gasteiger partial charge in [-0.05, 0) is 49.4 Å². The molecule has 1 aliphatic carbocycles. The molecule has 1 heterocycles. The summed E-state index contributed by atoms with van der Waals surface area (Å²) in [4.78, 5) is 14.2. The van der Waals surface area contributed by atoms with Crippen molar-refractivity contribution in [2.24, 2.45) is 0 Å². The molecule has 2 aromatic rings. The van der Waals surface area contributed by atoms with E-state index in [4.69, 9.17) is 0 Å². The van der Waals surface area contributed by atoms with E-state index in [1.165, 1.54) is 40.7 Å². The third-order valence-corrected chi connectivity index (χ3v) is 4.57. The topological polar surface area (TPSA) is 17.1 Å². The second-order valence-electron chi connectivity index (χ2n) is 4.58. The van der Waals surface area contributed by atoms with Gasteiger partial charge in [-0.25, -0.2) is 4.39 Å². The molecule has 0 spiro atoms. The molecule has 0 saturated heterocycles. The van der Waals surface area contributed by atoms with Gasteiger partial charge >= 0.3 is 0 Å². The van der Waals surface area contributed by atoms with E-state index in [9.17, 15) is 9.18 Å². The van der Waals surface area contributed by atoms with Crippen molar-refractivity contribution in [3.8, 4) is 0 Å². The summed E-state index contributed by atoms with van der Waals surface area (Å²) in [7, 11) is 0. The fourth-order valence-electron chi connectivity index (χ4n) is 2.38. The minimum Gasteiger partial charge on any atom is -0.288 e. The van der Waals surface area contributed by atoms with Gasteiger partial charge in [-0.2, -0.15) is 0 Å². The molecule has 0 amide bonds. The lowest BCUT2D eigenvalue weighted by Crippen LogP contribution is -2.01. The van der Waals surface area contributed by atoms with Crippen LogP contribution in [0.3, 0.4) is 0 Å². The van der Waals surface area contributed by atoms with Crippen molar-refractivity contribution < 1.29 is 9.18 Å². The number of fused-ring (bicyclic) bond motifs is 1. The average Bonchev–Trinajstić information content (AvgIpc) is 2.82. The van der Waals surface area contributed by atoms with Gasteiger partial charge in [0.25, 0.3) is 0 Å². The predicted molar refractivity (Wildman–Crippen MR) is 70.8 cm³/mol. The smallest absolute Gasteiger partial charge is 0.205 e. The highest BCUT2D eigenvalue weighted by Crippen LogP contribution is 2.31. The van der Waals surface area contributed by atoms with E-state index in [0.717, 1.165) is 12.8 Å². The SMILES string of the molecule is O=C(c1cc2c(s1)CCCC2)c1ccccc1F. The molecular formula is C15H13FOS. The van der Waals surface area contributed by atoms with Crippen LogP contribution < -0.4 is 0 Å². The molecule has 0 aliphatic heterocycles. The van der Waals surface area contributed by atoms with E-state index in [0.29, 0.717) is 4.88 Å². The Morgan fingerprint density at radius 2 is 1.94 bits per heavy atom. The summed E-state index contributed by atoms with van der Waals surface area (Å²) in [6.45, 7) is 0. The van der Waals surface area contributed by atoms with Crippen molar-refractivity contribution in [3.05, 3.63) is 57.0 Å². The normalized spacial score (nSPS) is 14.3. The first kappa shape index (κ1) is 11.6. The van der Waals surface area contributed by atoms with Gasteiger partial charge in [0.15, 0.2) is 0 Å². The van der Waals surface area contributed by atoms with E-state index in [1.807, 2.05) is 6.07 Å². The number of benzene rings is 1. The van der Waals surface area contributed by atoms with Crippen LogP contribution in [0.1, 0.15) is 38.5 Å². The molecule has 1 nitrogen and oxygen atoms in total. The van der Waals surface area contributed by atoms with Crippen molar-refractivity contribution >= 4 is 17.1 Å². The van der Waals surface area contributed by atoms with Crippen LogP contribution in [0.5, 0.6) is 0 Å². The largest absolute Gasteiger partial charge is 0.288 e. The molecule has 1 aromatic heterocycles. The number of halogens is 1. The fourth-order valence-corrected chi connectivity index (χ4v) is 3.59. The molecule has 3 rings (SSSR count). The van der Waals surface area contributed by atoms with Gasteiger partial charge in [0.05, 0.1) is 10.4 Å². The van der Waals surface area contributed by atoms with Crippen LogP contribution in [0.2, 0.25) is 0 Å². The van der Waals surface area contributed by atoms with Gasteiger partial charge in [-0.1, -0.05) is 12.1 Å². The van der Waals surface area contributed by atoms with Crippen LogP contribution in [-0.4, -0.2) is 5.78 Å². The van der Waals surface area contributed by atoms with Crippen molar-refractivity contribution in [2.75, 3.05) is 0 Å². The Bertz CT molecular complexity index is 577. The zero-order chi connectivity index (χ0) is 12.5. The molecule has 0 unspecified atom stereocenters. The maximum absolute atomic E-state index is 13.6. The highest BCUT2D eigenvalue weighted by molar-refractivity contribution is 7.14. The zero-order valence-electron chi connectivity index (χ0n) is 9.91. The standard InChI is InChI=1S/C15H13FOS/c16-12-7-3-2-6-11(12)15(17)14-9-10-5-1-4-8-13(10)18-14/h2-3,6-7,9H,1,4-5,8H2. The molecule has 0 saturated carbocycles. The van der Waals surface area contributed by atoms with Crippen LogP contribution in [-0.2, 0) is 12.8 Å². The summed E-state index contributed by atoms with van der Waals surface area (Å²) in [6.07, 6.45) is 4.50. The molecule has 0 atom stereocenters. The predicted octanol–water partition coefficient (Wildman–Crippen LogP) is 4.00. The minimum atomic E-state index is -0.436. The Kier molecular flexibility index (Phi) is 3.00. The Morgan fingerprint density at radius 1 is 1.17 bits per heavy atom. The molecular weight excluding hydrogens is 247 g/mol. The lowest BCUT2D eigenvalue weighted by Gasteiger charge is -2.08. The maximum atomic E-state index is 13.6. The van der Waals surface area contributed by atoms with Gasteiger partial charge in [-0.3, -0.25) is 4.79 Å². The number of aryl methyl sites for hydroxylation is 2. The Labute approximate surface area is 109 Å². The summed E-state index contributed by atoms with van der Waals surface area (Å²) in [5.41, 5.74) is 1.46. The number of hydrogen-bond acceptors (Lipinski definition) is 2.